The predicted octanol–water partition coefficient (Wildman–Crippen LogP) is 3.03. The van der Waals surface area contributed by atoms with E-state index < -0.39 is 9.84 Å². The molecule has 0 aliphatic rings. The van der Waals surface area contributed by atoms with E-state index in [2.05, 4.69) is 29.5 Å². The molecular weight excluding hydrogens is 386 g/mol. The summed E-state index contributed by atoms with van der Waals surface area (Å²) >= 11 is 0. The normalized spacial score (nSPS) is 12.1. The highest BCUT2D eigenvalue weighted by atomic mass is 32.2. The number of ether oxygens (including phenoxy) is 1. The van der Waals surface area contributed by atoms with E-state index in [0.717, 1.165) is 23.3 Å². The van der Waals surface area contributed by atoms with Gasteiger partial charge in [-0.05, 0) is 36.1 Å². The Morgan fingerprint density at radius 3 is 2.38 bits per heavy atom. The monoisotopic (exact) mass is 417 g/mol. The van der Waals surface area contributed by atoms with Crippen molar-refractivity contribution in [3.63, 3.8) is 0 Å². The average molecular weight is 418 g/mol. The number of aliphatic imine (C=N–C) groups is 1. The first-order chi connectivity index (χ1) is 13.8. The van der Waals surface area contributed by atoms with Crippen molar-refractivity contribution in [2.75, 3.05) is 26.5 Å². The molecule has 6 nitrogen and oxygen atoms in total. The predicted molar refractivity (Wildman–Crippen MR) is 118 cm³/mol. The van der Waals surface area contributed by atoms with E-state index in [4.69, 9.17) is 4.74 Å². The first-order valence-electron chi connectivity index (χ1n) is 9.74. The Hall–Kier alpha value is -2.54. The van der Waals surface area contributed by atoms with Crippen LogP contribution in [0.25, 0.3) is 0 Å². The lowest BCUT2D eigenvalue weighted by molar-refractivity contribution is 0.268. The van der Waals surface area contributed by atoms with Crippen LogP contribution >= 0.6 is 0 Å². The molecule has 0 bridgehead atoms. The Bertz CT molecular complexity index is 907. The third-order valence-electron chi connectivity index (χ3n) is 4.27. The second kappa shape index (κ2) is 10.9. The lowest BCUT2D eigenvalue weighted by Crippen LogP contribution is -2.37. The van der Waals surface area contributed by atoms with Gasteiger partial charge >= 0.3 is 0 Å². The minimum atomic E-state index is -3.16. The summed E-state index contributed by atoms with van der Waals surface area (Å²) in [7, 11) is -1.43. The maximum atomic E-state index is 11.5. The second-order valence-electron chi connectivity index (χ2n) is 7.33. The third-order valence-corrected chi connectivity index (χ3v) is 5.40. The van der Waals surface area contributed by atoms with Gasteiger partial charge in [-0.1, -0.05) is 44.2 Å². The van der Waals surface area contributed by atoms with Crippen molar-refractivity contribution in [2.24, 2.45) is 10.9 Å². The molecule has 0 saturated carbocycles. The summed E-state index contributed by atoms with van der Waals surface area (Å²) in [6.45, 7) is 6.23. The van der Waals surface area contributed by atoms with Crippen LogP contribution in [-0.4, -0.2) is 40.8 Å². The van der Waals surface area contributed by atoms with Crippen molar-refractivity contribution in [3.8, 4) is 5.75 Å². The standard InChI is InChI=1S/C22H31N3O3S/c1-17(2)16-28-21-8-6-5-7-19(21)15-25-22(23-3)24-14-13-18-9-11-20(12-10-18)29(4,26)27/h5-12,17H,13-16H2,1-4H3,(H2,23,24,25). The van der Waals surface area contributed by atoms with Crippen LogP contribution in [0.4, 0.5) is 0 Å². The molecule has 0 aromatic heterocycles. The van der Waals surface area contributed by atoms with Gasteiger partial charge in [0.25, 0.3) is 0 Å². The highest BCUT2D eigenvalue weighted by Gasteiger charge is 2.07. The third kappa shape index (κ3) is 7.77. The summed E-state index contributed by atoms with van der Waals surface area (Å²) in [5.41, 5.74) is 2.14. The van der Waals surface area contributed by atoms with Crippen LogP contribution in [0, 0.1) is 5.92 Å². The Morgan fingerprint density at radius 1 is 1.07 bits per heavy atom. The SMILES string of the molecule is CN=C(NCCc1ccc(S(C)(=O)=O)cc1)NCc1ccccc1OCC(C)C. The fourth-order valence-electron chi connectivity index (χ4n) is 2.68. The molecule has 0 saturated heterocycles. The minimum Gasteiger partial charge on any atom is -0.493 e. The molecule has 0 unspecified atom stereocenters. The van der Waals surface area contributed by atoms with Gasteiger partial charge in [0, 0.05) is 32.0 Å². The molecule has 2 rings (SSSR count). The van der Waals surface area contributed by atoms with Crippen molar-refractivity contribution in [3.05, 3.63) is 59.7 Å². The molecule has 0 heterocycles. The van der Waals surface area contributed by atoms with Gasteiger partial charge in [-0.25, -0.2) is 8.42 Å². The smallest absolute Gasteiger partial charge is 0.191 e. The first kappa shape index (κ1) is 22.7. The minimum absolute atomic E-state index is 0.338. The number of nitrogens with one attached hydrogen (secondary N) is 2. The number of guanidine groups is 1. The Morgan fingerprint density at radius 2 is 1.76 bits per heavy atom. The van der Waals surface area contributed by atoms with E-state index in [9.17, 15) is 8.42 Å². The second-order valence-corrected chi connectivity index (χ2v) is 9.35. The number of para-hydroxylation sites is 1. The van der Waals surface area contributed by atoms with Crippen LogP contribution < -0.4 is 15.4 Å². The molecule has 0 aliphatic heterocycles. The lowest BCUT2D eigenvalue weighted by Gasteiger charge is -2.15. The van der Waals surface area contributed by atoms with E-state index in [-0.39, 0.29) is 0 Å². The van der Waals surface area contributed by atoms with Gasteiger partial charge in [0.1, 0.15) is 5.75 Å². The number of rotatable bonds is 9. The topological polar surface area (TPSA) is 79.8 Å². The highest BCUT2D eigenvalue weighted by molar-refractivity contribution is 7.90. The maximum absolute atomic E-state index is 11.5. The van der Waals surface area contributed by atoms with Crippen molar-refractivity contribution >= 4 is 15.8 Å². The van der Waals surface area contributed by atoms with Crippen LogP contribution in [-0.2, 0) is 22.8 Å². The van der Waals surface area contributed by atoms with Gasteiger partial charge in [-0.15, -0.1) is 0 Å². The summed E-state index contributed by atoms with van der Waals surface area (Å²) in [5, 5.41) is 6.59. The molecule has 0 spiro atoms. The number of nitrogens with zero attached hydrogens (tertiary/aromatic N) is 1. The largest absolute Gasteiger partial charge is 0.493 e. The Balaban J connectivity index is 1.84. The van der Waals surface area contributed by atoms with Crippen molar-refractivity contribution < 1.29 is 13.2 Å². The molecule has 0 radical (unpaired) electrons. The fourth-order valence-corrected chi connectivity index (χ4v) is 3.31. The Labute approximate surface area is 174 Å². The molecule has 29 heavy (non-hydrogen) atoms. The quantitative estimate of drug-likeness (QED) is 0.484. The molecule has 2 aromatic rings. The summed E-state index contributed by atoms with van der Waals surface area (Å²) in [6, 6.07) is 15.0. The van der Waals surface area contributed by atoms with Crippen molar-refractivity contribution in [1.29, 1.82) is 0 Å². The van der Waals surface area contributed by atoms with Crippen LogP contribution in [0.2, 0.25) is 0 Å². The average Bonchev–Trinajstić information content (AvgIpc) is 2.69. The van der Waals surface area contributed by atoms with Crippen LogP contribution in [0.1, 0.15) is 25.0 Å². The van der Waals surface area contributed by atoms with Gasteiger partial charge in [-0.3, -0.25) is 4.99 Å². The summed E-state index contributed by atoms with van der Waals surface area (Å²) in [5.74, 6) is 2.06. The molecular formula is C22H31N3O3S. The molecule has 2 N–H and O–H groups in total. The lowest BCUT2D eigenvalue weighted by atomic mass is 10.1. The zero-order valence-corrected chi connectivity index (χ0v) is 18.4. The van der Waals surface area contributed by atoms with Crippen molar-refractivity contribution in [2.45, 2.75) is 31.7 Å². The fraction of sp³-hybridized carbons (Fsp3) is 0.409. The molecule has 158 valence electrons. The maximum Gasteiger partial charge on any atom is 0.191 e. The van der Waals surface area contributed by atoms with Crippen LogP contribution in [0.5, 0.6) is 5.75 Å². The molecule has 0 fully saturated rings. The van der Waals surface area contributed by atoms with Gasteiger partial charge < -0.3 is 15.4 Å². The molecule has 7 heteroatoms. The van der Waals surface area contributed by atoms with E-state index in [1.54, 1.807) is 19.2 Å². The van der Waals surface area contributed by atoms with E-state index in [1.807, 2.05) is 36.4 Å². The number of sulfone groups is 1. The molecule has 0 amide bonds. The van der Waals surface area contributed by atoms with Crippen LogP contribution in [0.3, 0.4) is 0 Å². The first-order valence-corrected chi connectivity index (χ1v) is 11.6. The molecule has 0 atom stereocenters. The summed E-state index contributed by atoms with van der Waals surface area (Å²) in [6.07, 6.45) is 1.98. The molecule has 2 aromatic carbocycles. The summed E-state index contributed by atoms with van der Waals surface area (Å²) < 4.78 is 29.0. The van der Waals surface area contributed by atoms with Gasteiger partial charge in [0.2, 0.25) is 0 Å². The van der Waals surface area contributed by atoms with Crippen molar-refractivity contribution in [1.82, 2.24) is 10.6 Å². The van der Waals surface area contributed by atoms with E-state index in [1.165, 1.54) is 6.26 Å². The molecule has 0 aliphatic carbocycles. The van der Waals surface area contributed by atoms with Crippen LogP contribution in [0.15, 0.2) is 58.4 Å². The zero-order valence-electron chi connectivity index (χ0n) is 17.6. The Kier molecular flexibility index (Phi) is 8.51. The van der Waals surface area contributed by atoms with E-state index in [0.29, 0.717) is 36.5 Å². The number of hydrogen-bond donors (Lipinski definition) is 2. The number of hydrogen-bond acceptors (Lipinski definition) is 4. The highest BCUT2D eigenvalue weighted by Crippen LogP contribution is 2.18. The number of benzene rings is 2. The summed E-state index contributed by atoms with van der Waals surface area (Å²) in [4.78, 5) is 4.60. The van der Waals surface area contributed by atoms with Gasteiger partial charge in [-0.2, -0.15) is 0 Å². The van der Waals surface area contributed by atoms with Gasteiger partial charge in [0.15, 0.2) is 15.8 Å². The van der Waals surface area contributed by atoms with E-state index >= 15 is 0 Å². The van der Waals surface area contributed by atoms with Gasteiger partial charge in [0.05, 0.1) is 11.5 Å². The zero-order chi connectivity index (χ0) is 21.3.